The molecule has 3 heterocycles. The molecular weight excluding hydrogens is 526 g/mol. The maximum Gasteiger partial charge on any atom is 0.312 e. The quantitative estimate of drug-likeness (QED) is 0.214. The van der Waals surface area contributed by atoms with Gasteiger partial charge in [-0.1, -0.05) is 39.3 Å². The summed E-state index contributed by atoms with van der Waals surface area (Å²) in [5, 5.41) is 13.1. The fourth-order valence-corrected chi connectivity index (χ4v) is 6.87. The number of nitrogens with one attached hydrogen (secondary N) is 1. The summed E-state index contributed by atoms with van der Waals surface area (Å²) in [5.74, 6) is -3.23. The van der Waals surface area contributed by atoms with Gasteiger partial charge < -0.3 is 29.7 Å². The van der Waals surface area contributed by atoms with E-state index >= 15 is 0 Å². The Balaban J connectivity index is 1.92. The average Bonchev–Trinajstić information content (AvgIpc) is 3.57. The number of carbonyl (C=O) groups excluding carboxylic acids is 4. The minimum absolute atomic E-state index is 0.0913. The van der Waals surface area contributed by atoms with Gasteiger partial charge >= 0.3 is 5.97 Å². The van der Waals surface area contributed by atoms with E-state index in [1.54, 1.807) is 24.0 Å². The summed E-state index contributed by atoms with van der Waals surface area (Å²) < 4.78 is 12.3. The van der Waals surface area contributed by atoms with Crippen LogP contribution in [0.2, 0.25) is 0 Å². The minimum atomic E-state index is -1.18. The maximum absolute atomic E-state index is 14.4. The molecule has 8 atom stereocenters. The Labute approximate surface area is 244 Å². The zero-order valence-corrected chi connectivity index (χ0v) is 25.3. The molecule has 10 nitrogen and oxygen atoms in total. The van der Waals surface area contributed by atoms with Crippen molar-refractivity contribution in [1.82, 2.24) is 15.1 Å². The van der Waals surface area contributed by atoms with Crippen LogP contribution in [0.15, 0.2) is 25.3 Å². The van der Waals surface area contributed by atoms with Crippen LogP contribution in [0.3, 0.4) is 0 Å². The predicted molar refractivity (Wildman–Crippen MR) is 154 cm³/mol. The number of rotatable bonds is 16. The van der Waals surface area contributed by atoms with E-state index in [0.29, 0.717) is 32.2 Å². The highest BCUT2D eigenvalue weighted by molar-refractivity contribution is 5.98. The number of aliphatic hydroxyl groups is 1. The Hall–Kier alpha value is -2.72. The van der Waals surface area contributed by atoms with Crippen molar-refractivity contribution in [1.29, 1.82) is 0 Å². The zero-order valence-electron chi connectivity index (χ0n) is 25.3. The molecule has 3 fully saturated rings. The lowest BCUT2D eigenvalue weighted by molar-refractivity contribution is -0.160. The van der Waals surface area contributed by atoms with Gasteiger partial charge in [0.05, 0.1) is 37.1 Å². The lowest BCUT2D eigenvalue weighted by Crippen LogP contribution is -2.60. The van der Waals surface area contributed by atoms with Crippen molar-refractivity contribution < 1.29 is 33.8 Å². The molecule has 3 saturated heterocycles. The van der Waals surface area contributed by atoms with Crippen molar-refractivity contribution in [2.24, 2.45) is 17.8 Å². The number of ether oxygens (including phenoxy) is 2. The molecule has 0 aromatic rings. The number of likely N-dealkylation sites (tertiary alicyclic amines) is 1. The van der Waals surface area contributed by atoms with E-state index in [1.165, 1.54) is 4.90 Å². The van der Waals surface area contributed by atoms with Crippen LogP contribution >= 0.6 is 0 Å². The van der Waals surface area contributed by atoms with E-state index in [1.807, 2.05) is 20.8 Å². The number of amides is 3. The van der Waals surface area contributed by atoms with Crippen LogP contribution in [0.5, 0.6) is 0 Å². The van der Waals surface area contributed by atoms with Gasteiger partial charge in [0.1, 0.15) is 17.7 Å². The van der Waals surface area contributed by atoms with Crippen LogP contribution in [0.1, 0.15) is 73.1 Å². The predicted octanol–water partition coefficient (Wildman–Crippen LogP) is 2.60. The van der Waals surface area contributed by atoms with Gasteiger partial charge in [0.15, 0.2) is 0 Å². The number of fused-ring (bicyclic) bond motifs is 1. The number of carbonyl (C=O) groups is 4. The summed E-state index contributed by atoms with van der Waals surface area (Å²) in [4.78, 5) is 57.5. The summed E-state index contributed by atoms with van der Waals surface area (Å²) in [7, 11) is 0. The van der Waals surface area contributed by atoms with Gasteiger partial charge in [0.25, 0.3) is 0 Å². The summed E-state index contributed by atoms with van der Waals surface area (Å²) in [5.41, 5.74) is -1.18. The first-order chi connectivity index (χ1) is 19.5. The minimum Gasteiger partial charge on any atom is -0.460 e. The second-order valence-corrected chi connectivity index (χ2v) is 12.1. The molecule has 2 bridgehead atoms. The number of allylic oxidation sites excluding steroid dienone is 1. The van der Waals surface area contributed by atoms with Gasteiger partial charge in [-0.3, -0.25) is 19.2 Å². The zero-order chi connectivity index (χ0) is 30.5. The van der Waals surface area contributed by atoms with Crippen molar-refractivity contribution in [2.45, 2.75) is 109 Å². The highest BCUT2D eigenvalue weighted by Gasteiger charge is 2.75. The largest absolute Gasteiger partial charge is 0.460 e. The standard InChI is InChI=1S/C31H49N3O7/c1-8-11-13-24(36)32-17-21(7)40-30(39)25-23-14-15-31(41-23)26(25)28(37)34(22(18-35)19(4)5)27(31)29(38)33(16-10-3)20(6)12-9-2/h8,10,19-23,25-27,35H,1,3,9,11-18H2,2,4-7H3,(H,32,36)/t20?,21-,22-,23+,25-,26-,27+,31-/m0/s1. The molecule has 10 heteroatoms. The van der Waals surface area contributed by atoms with Crippen molar-refractivity contribution in [3.8, 4) is 0 Å². The Kier molecular flexibility index (Phi) is 11.2. The Morgan fingerprint density at radius 1 is 1.24 bits per heavy atom. The highest BCUT2D eigenvalue weighted by atomic mass is 16.6. The van der Waals surface area contributed by atoms with Crippen LogP contribution in [0, 0.1) is 17.8 Å². The number of hydrogen-bond acceptors (Lipinski definition) is 7. The molecule has 1 spiro atoms. The second-order valence-electron chi connectivity index (χ2n) is 12.1. The molecule has 3 aliphatic rings. The summed E-state index contributed by atoms with van der Waals surface area (Å²) in [6.07, 6.45) is 5.67. The van der Waals surface area contributed by atoms with Crippen LogP contribution in [0.4, 0.5) is 0 Å². The van der Waals surface area contributed by atoms with Crippen molar-refractivity contribution in [3.05, 3.63) is 25.3 Å². The summed E-state index contributed by atoms with van der Waals surface area (Å²) in [6, 6.07) is -1.68. The van der Waals surface area contributed by atoms with Crippen LogP contribution in [-0.4, -0.2) is 94.2 Å². The lowest BCUT2D eigenvalue weighted by Gasteiger charge is -2.41. The molecule has 3 aliphatic heterocycles. The molecule has 1 unspecified atom stereocenters. The summed E-state index contributed by atoms with van der Waals surface area (Å²) in [6.45, 7) is 17.1. The Morgan fingerprint density at radius 2 is 1.95 bits per heavy atom. The molecule has 0 aliphatic carbocycles. The van der Waals surface area contributed by atoms with E-state index in [9.17, 15) is 24.3 Å². The van der Waals surface area contributed by atoms with Crippen LogP contribution < -0.4 is 5.32 Å². The number of esters is 1. The monoisotopic (exact) mass is 575 g/mol. The van der Waals surface area contributed by atoms with E-state index in [-0.39, 0.29) is 42.8 Å². The number of hydrogen-bond donors (Lipinski definition) is 2. The highest BCUT2D eigenvalue weighted by Crippen LogP contribution is 2.59. The summed E-state index contributed by atoms with van der Waals surface area (Å²) >= 11 is 0. The maximum atomic E-state index is 14.4. The SMILES string of the molecule is C=CCCC(=O)NC[C@H](C)OC(=O)[C@@H]1[C@H]2C(=O)N([C@@H](CO)C(C)C)[C@H](C(=O)N(CC=C)C(C)CCC)[C@]23CC[C@H]1O3. The van der Waals surface area contributed by atoms with E-state index in [4.69, 9.17) is 9.47 Å². The smallest absolute Gasteiger partial charge is 0.312 e. The first kappa shape index (κ1) is 32.8. The van der Waals surface area contributed by atoms with E-state index < -0.39 is 47.7 Å². The van der Waals surface area contributed by atoms with Crippen LogP contribution in [0.25, 0.3) is 0 Å². The molecule has 0 saturated carbocycles. The topological polar surface area (TPSA) is 125 Å². The van der Waals surface area contributed by atoms with Gasteiger partial charge in [-0.25, -0.2) is 0 Å². The van der Waals surface area contributed by atoms with Gasteiger partial charge in [0.2, 0.25) is 17.7 Å². The third kappa shape index (κ3) is 6.38. The second kappa shape index (κ2) is 14.0. The first-order valence-electron chi connectivity index (χ1n) is 15.1. The van der Waals surface area contributed by atoms with Gasteiger partial charge in [-0.15, -0.1) is 13.2 Å². The first-order valence-corrected chi connectivity index (χ1v) is 15.1. The third-order valence-electron chi connectivity index (χ3n) is 8.88. The third-order valence-corrected chi connectivity index (χ3v) is 8.88. The normalized spacial score (nSPS) is 28.7. The van der Waals surface area contributed by atoms with Crippen molar-refractivity contribution in [2.75, 3.05) is 19.7 Å². The van der Waals surface area contributed by atoms with Crippen LogP contribution in [-0.2, 0) is 28.7 Å². The molecule has 3 amide bonds. The molecule has 2 N–H and O–H groups in total. The molecule has 0 radical (unpaired) electrons. The molecule has 41 heavy (non-hydrogen) atoms. The van der Waals surface area contributed by atoms with E-state index in [0.717, 1.165) is 12.8 Å². The van der Waals surface area contributed by atoms with Gasteiger partial charge in [-0.05, 0) is 45.4 Å². The molecule has 0 aromatic heterocycles. The molecule has 3 rings (SSSR count). The average molecular weight is 576 g/mol. The number of nitrogens with zero attached hydrogens (tertiary/aromatic N) is 2. The number of aliphatic hydroxyl groups excluding tert-OH is 1. The fourth-order valence-electron chi connectivity index (χ4n) is 6.87. The molecular formula is C31H49N3O7. The van der Waals surface area contributed by atoms with Gasteiger partial charge in [-0.2, -0.15) is 0 Å². The van der Waals surface area contributed by atoms with Crippen molar-refractivity contribution in [3.63, 3.8) is 0 Å². The fraction of sp³-hybridized carbons (Fsp3) is 0.742. The molecule has 0 aromatic carbocycles. The lowest BCUT2D eigenvalue weighted by atomic mass is 9.70. The Bertz CT molecular complexity index is 1000. The van der Waals surface area contributed by atoms with E-state index in [2.05, 4.69) is 25.4 Å². The van der Waals surface area contributed by atoms with Gasteiger partial charge in [0, 0.05) is 19.0 Å². The Morgan fingerprint density at radius 3 is 2.54 bits per heavy atom. The van der Waals surface area contributed by atoms with Crippen molar-refractivity contribution >= 4 is 23.7 Å². The molecule has 230 valence electrons.